The maximum absolute atomic E-state index is 11.4. The van der Waals surface area contributed by atoms with E-state index in [1.807, 2.05) is 11.0 Å². The predicted molar refractivity (Wildman–Crippen MR) is 58.8 cm³/mol. The Morgan fingerprint density at radius 3 is 2.93 bits per heavy atom. The van der Waals surface area contributed by atoms with E-state index < -0.39 is 0 Å². The maximum atomic E-state index is 11.4. The normalized spacial score (nSPS) is 15.9. The molecule has 1 amide bonds. The lowest BCUT2D eigenvalue weighted by molar-refractivity contribution is -0.127. The van der Waals surface area contributed by atoms with Crippen LogP contribution in [0.2, 0.25) is 0 Å². The van der Waals surface area contributed by atoms with Crippen molar-refractivity contribution in [3.8, 4) is 0 Å². The molecule has 2 heteroatoms. The molecular formula is C12H19NO. The third kappa shape index (κ3) is 3.02. The van der Waals surface area contributed by atoms with Gasteiger partial charge in [0.05, 0.1) is 0 Å². The number of amides is 1. The lowest BCUT2D eigenvalue weighted by Crippen LogP contribution is -2.29. The summed E-state index contributed by atoms with van der Waals surface area (Å²) in [5.41, 5.74) is 1.21. The molecule has 0 radical (unpaired) electrons. The van der Waals surface area contributed by atoms with Gasteiger partial charge in [0, 0.05) is 19.2 Å². The highest BCUT2D eigenvalue weighted by Gasteiger charge is 2.14. The van der Waals surface area contributed by atoms with Crippen LogP contribution >= 0.6 is 0 Å². The van der Waals surface area contributed by atoms with Crippen LogP contribution in [-0.4, -0.2) is 17.4 Å². The number of hydrogen-bond acceptors (Lipinski definition) is 1. The van der Waals surface area contributed by atoms with Crippen LogP contribution in [0.15, 0.2) is 24.4 Å². The predicted octanol–water partition coefficient (Wildman–Crippen LogP) is 2.87. The number of carbonyl (C=O) groups is 1. The number of allylic oxidation sites excluding steroid dienone is 2. The molecule has 0 aromatic carbocycles. The van der Waals surface area contributed by atoms with Crippen molar-refractivity contribution in [2.45, 2.75) is 39.0 Å². The maximum Gasteiger partial charge on any atom is 0.223 e. The molecular weight excluding hydrogens is 174 g/mol. The van der Waals surface area contributed by atoms with Crippen molar-refractivity contribution in [1.29, 1.82) is 0 Å². The molecule has 0 atom stereocenters. The summed E-state index contributed by atoms with van der Waals surface area (Å²) < 4.78 is 0. The molecule has 0 aliphatic heterocycles. The largest absolute Gasteiger partial charge is 0.316 e. The first-order valence-electron chi connectivity index (χ1n) is 5.33. The van der Waals surface area contributed by atoms with E-state index in [1.165, 1.54) is 18.5 Å². The number of nitrogens with zero attached hydrogens (tertiary/aromatic N) is 1. The Bertz CT molecular complexity index is 243. The second kappa shape index (κ2) is 5.63. The molecule has 1 aliphatic rings. The van der Waals surface area contributed by atoms with E-state index in [4.69, 9.17) is 0 Å². The molecule has 1 aliphatic carbocycles. The molecule has 0 aromatic heterocycles. The molecule has 0 bridgehead atoms. The van der Waals surface area contributed by atoms with Gasteiger partial charge in [0.2, 0.25) is 5.91 Å². The second-order valence-corrected chi connectivity index (χ2v) is 3.69. The average molecular weight is 193 g/mol. The fourth-order valence-electron chi connectivity index (χ4n) is 1.79. The summed E-state index contributed by atoms with van der Waals surface area (Å²) in [7, 11) is 0. The quantitative estimate of drug-likeness (QED) is 0.629. The standard InChI is InChI=1S/C12H19NO/c1-3-4-10-13(11(2)14)12-8-6-5-7-9-12/h3,8H,1,4-7,9-10H2,2H3. The van der Waals surface area contributed by atoms with Crippen molar-refractivity contribution in [1.82, 2.24) is 4.90 Å². The van der Waals surface area contributed by atoms with Crippen molar-refractivity contribution in [2.24, 2.45) is 0 Å². The van der Waals surface area contributed by atoms with Gasteiger partial charge in [0.25, 0.3) is 0 Å². The summed E-state index contributed by atoms with van der Waals surface area (Å²) in [5.74, 6) is 0.153. The first kappa shape index (κ1) is 11.0. The Balaban J connectivity index is 2.60. The van der Waals surface area contributed by atoms with Gasteiger partial charge >= 0.3 is 0 Å². The van der Waals surface area contributed by atoms with Crippen LogP contribution in [0.1, 0.15) is 39.0 Å². The van der Waals surface area contributed by atoms with Crippen molar-refractivity contribution in [2.75, 3.05) is 6.54 Å². The van der Waals surface area contributed by atoms with Crippen molar-refractivity contribution < 1.29 is 4.79 Å². The van der Waals surface area contributed by atoms with E-state index in [0.29, 0.717) is 0 Å². The van der Waals surface area contributed by atoms with Crippen molar-refractivity contribution >= 4 is 5.91 Å². The van der Waals surface area contributed by atoms with Crippen molar-refractivity contribution in [3.63, 3.8) is 0 Å². The molecule has 2 nitrogen and oxygen atoms in total. The van der Waals surface area contributed by atoms with Crippen LogP contribution in [0.5, 0.6) is 0 Å². The first-order chi connectivity index (χ1) is 6.75. The van der Waals surface area contributed by atoms with E-state index in [1.54, 1.807) is 6.92 Å². The van der Waals surface area contributed by atoms with Gasteiger partial charge in [-0.3, -0.25) is 4.79 Å². The minimum absolute atomic E-state index is 0.153. The number of hydrogen-bond donors (Lipinski definition) is 0. The zero-order chi connectivity index (χ0) is 10.4. The SMILES string of the molecule is C=CCCN(C(C)=O)C1=CCCCC1. The van der Waals surface area contributed by atoms with Crippen LogP contribution in [0.25, 0.3) is 0 Å². The Labute approximate surface area is 86.3 Å². The molecule has 78 valence electrons. The fourth-order valence-corrected chi connectivity index (χ4v) is 1.79. The van der Waals surface area contributed by atoms with Gasteiger partial charge in [-0.25, -0.2) is 0 Å². The topological polar surface area (TPSA) is 20.3 Å². The summed E-state index contributed by atoms with van der Waals surface area (Å²) in [5, 5.41) is 0. The van der Waals surface area contributed by atoms with Crippen LogP contribution in [-0.2, 0) is 4.79 Å². The summed E-state index contributed by atoms with van der Waals surface area (Å²) in [6, 6.07) is 0. The number of carbonyl (C=O) groups excluding carboxylic acids is 1. The van der Waals surface area contributed by atoms with Gasteiger partial charge in [-0.15, -0.1) is 6.58 Å². The molecule has 0 heterocycles. The third-order valence-electron chi connectivity index (χ3n) is 2.55. The average Bonchev–Trinajstić information content (AvgIpc) is 2.19. The molecule has 0 saturated carbocycles. The van der Waals surface area contributed by atoms with Gasteiger partial charge in [-0.2, -0.15) is 0 Å². The van der Waals surface area contributed by atoms with E-state index in [2.05, 4.69) is 12.7 Å². The Morgan fingerprint density at radius 1 is 1.64 bits per heavy atom. The van der Waals surface area contributed by atoms with Crippen LogP contribution < -0.4 is 0 Å². The molecule has 0 N–H and O–H groups in total. The van der Waals surface area contributed by atoms with Gasteiger partial charge in [0.1, 0.15) is 0 Å². The lowest BCUT2D eigenvalue weighted by atomic mass is 10.0. The Hall–Kier alpha value is -1.05. The highest BCUT2D eigenvalue weighted by molar-refractivity contribution is 5.75. The van der Waals surface area contributed by atoms with E-state index in [-0.39, 0.29) is 5.91 Å². The monoisotopic (exact) mass is 193 g/mol. The molecule has 0 spiro atoms. The van der Waals surface area contributed by atoms with Crippen molar-refractivity contribution in [3.05, 3.63) is 24.4 Å². The van der Waals surface area contributed by atoms with Gasteiger partial charge in [-0.1, -0.05) is 12.2 Å². The van der Waals surface area contributed by atoms with Gasteiger partial charge in [-0.05, 0) is 32.1 Å². The highest BCUT2D eigenvalue weighted by atomic mass is 16.2. The summed E-state index contributed by atoms with van der Waals surface area (Å²) in [4.78, 5) is 13.3. The second-order valence-electron chi connectivity index (χ2n) is 3.69. The van der Waals surface area contributed by atoms with E-state index in [9.17, 15) is 4.79 Å². The Kier molecular flexibility index (Phi) is 4.44. The minimum Gasteiger partial charge on any atom is -0.316 e. The summed E-state index contributed by atoms with van der Waals surface area (Å²) >= 11 is 0. The smallest absolute Gasteiger partial charge is 0.223 e. The molecule has 0 unspecified atom stereocenters. The zero-order valence-electron chi connectivity index (χ0n) is 8.96. The fraction of sp³-hybridized carbons (Fsp3) is 0.583. The van der Waals surface area contributed by atoms with Gasteiger partial charge in [0.15, 0.2) is 0 Å². The molecule has 0 saturated heterocycles. The molecule has 1 rings (SSSR count). The number of rotatable bonds is 4. The zero-order valence-corrected chi connectivity index (χ0v) is 8.96. The van der Waals surface area contributed by atoms with Crippen LogP contribution in [0, 0.1) is 0 Å². The summed E-state index contributed by atoms with van der Waals surface area (Å²) in [6.45, 7) is 6.10. The highest BCUT2D eigenvalue weighted by Crippen LogP contribution is 2.21. The minimum atomic E-state index is 0.153. The lowest BCUT2D eigenvalue weighted by Gasteiger charge is -2.26. The summed E-state index contributed by atoms with van der Waals surface area (Å²) in [6.07, 6.45) is 9.58. The van der Waals surface area contributed by atoms with Gasteiger partial charge < -0.3 is 4.90 Å². The third-order valence-corrected chi connectivity index (χ3v) is 2.55. The molecule has 0 fully saturated rings. The Morgan fingerprint density at radius 2 is 2.43 bits per heavy atom. The van der Waals surface area contributed by atoms with Crippen LogP contribution in [0.3, 0.4) is 0 Å². The molecule has 14 heavy (non-hydrogen) atoms. The van der Waals surface area contributed by atoms with Crippen LogP contribution in [0.4, 0.5) is 0 Å². The molecule has 0 aromatic rings. The van der Waals surface area contributed by atoms with E-state index in [0.717, 1.165) is 25.8 Å². The first-order valence-corrected chi connectivity index (χ1v) is 5.33. The van der Waals surface area contributed by atoms with E-state index >= 15 is 0 Å².